The molecule has 0 aliphatic carbocycles. The summed E-state index contributed by atoms with van der Waals surface area (Å²) >= 11 is 0. The van der Waals surface area contributed by atoms with Gasteiger partial charge in [0.15, 0.2) is 23.0 Å². The minimum absolute atomic E-state index is 0.138. The number of nitrogens with zero attached hydrogens (tertiary/aromatic N) is 1. The van der Waals surface area contributed by atoms with Crippen LogP contribution in [0.1, 0.15) is 41.3 Å². The van der Waals surface area contributed by atoms with Crippen LogP contribution in [0, 0.1) is 0 Å². The van der Waals surface area contributed by atoms with Crippen molar-refractivity contribution in [2.45, 2.75) is 32.1 Å². The average molecular weight is 456 g/mol. The van der Waals surface area contributed by atoms with Crippen molar-refractivity contribution in [2.24, 2.45) is 0 Å². The monoisotopic (exact) mass is 456 g/mol. The first-order valence-electron chi connectivity index (χ1n) is 11.0. The summed E-state index contributed by atoms with van der Waals surface area (Å²) in [5.74, 6) is 3.10. The van der Waals surface area contributed by atoms with E-state index in [1.54, 1.807) is 21.3 Å². The van der Waals surface area contributed by atoms with Crippen molar-refractivity contribution in [3.8, 4) is 28.7 Å². The van der Waals surface area contributed by atoms with Gasteiger partial charge < -0.3 is 38.6 Å². The van der Waals surface area contributed by atoms with Gasteiger partial charge in [-0.1, -0.05) is 6.07 Å². The van der Waals surface area contributed by atoms with E-state index in [2.05, 4.69) is 5.32 Å². The van der Waals surface area contributed by atoms with Gasteiger partial charge in [-0.3, -0.25) is 0 Å². The molecule has 0 saturated carbocycles. The zero-order valence-corrected chi connectivity index (χ0v) is 19.2. The maximum atomic E-state index is 13.2. The summed E-state index contributed by atoms with van der Waals surface area (Å²) in [4.78, 5) is 15.0. The quantitative estimate of drug-likeness (QED) is 0.738. The Morgan fingerprint density at radius 2 is 1.97 bits per heavy atom. The van der Waals surface area contributed by atoms with E-state index in [9.17, 15) is 4.79 Å². The van der Waals surface area contributed by atoms with Crippen molar-refractivity contribution >= 4 is 6.03 Å². The highest BCUT2D eigenvalue weighted by Gasteiger charge is 2.45. The third-order valence-corrected chi connectivity index (χ3v) is 6.48. The second-order valence-electron chi connectivity index (χ2n) is 8.04. The molecule has 0 radical (unpaired) electrons. The van der Waals surface area contributed by atoms with Gasteiger partial charge in [0, 0.05) is 24.2 Å². The van der Waals surface area contributed by atoms with Crippen LogP contribution in [-0.2, 0) is 17.8 Å². The molecule has 2 amide bonds. The molecule has 2 atom stereocenters. The molecule has 1 N–H and O–H groups in total. The molecule has 9 heteroatoms. The van der Waals surface area contributed by atoms with Crippen LogP contribution >= 0.6 is 0 Å². The Morgan fingerprint density at radius 3 is 2.70 bits per heavy atom. The summed E-state index contributed by atoms with van der Waals surface area (Å²) in [5.41, 5.74) is 3.81. The van der Waals surface area contributed by atoms with Crippen molar-refractivity contribution in [1.29, 1.82) is 0 Å². The highest BCUT2D eigenvalue weighted by atomic mass is 16.7. The number of hydrogen-bond donors (Lipinski definition) is 1. The Morgan fingerprint density at radius 1 is 1.15 bits per heavy atom. The first-order chi connectivity index (χ1) is 16.1. The molecule has 3 heterocycles. The topological polar surface area (TPSA) is 87.7 Å². The predicted molar refractivity (Wildman–Crippen MR) is 118 cm³/mol. The average Bonchev–Trinajstić information content (AvgIpc) is 3.48. The molecule has 2 aromatic carbocycles. The van der Waals surface area contributed by atoms with Crippen molar-refractivity contribution < 1.29 is 33.2 Å². The lowest BCUT2D eigenvalue weighted by atomic mass is 9.85. The fourth-order valence-electron chi connectivity index (χ4n) is 5.09. The number of ether oxygens (including phenoxy) is 6. The molecule has 9 nitrogen and oxygen atoms in total. The van der Waals surface area contributed by atoms with E-state index in [0.717, 1.165) is 22.3 Å². The van der Waals surface area contributed by atoms with Crippen LogP contribution in [0.4, 0.5) is 4.79 Å². The number of hydrogen-bond acceptors (Lipinski definition) is 7. The smallest absolute Gasteiger partial charge is 0.318 e. The van der Waals surface area contributed by atoms with E-state index < -0.39 is 12.1 Å². The van der Waals surface area contributed by atoms with Crippen molar-refractivity contribution in [2.75, 3.05) is 41.2 Å². The summed E-state index contributed by atoms with van der Waals surface area (Å²) in [7, 11) is 4.84. The van der Waals surface area contributed by atoms with Crippen molar-refractivity contribution in [1.82, 2.24) is 10.2 Å². The Hall–Kier alpha value is -3.33. The molecule has 33 heavy (non-hydrogen) atoms. The Kier molecular flexibility index (Phi) is 5.57. The molecule has 3 aliphatic rings. The molecule has 0 spiro atoms. The Labute approximate surface area is 192 Å². The molecular formula is C24H28N2O7. The fourth-order valence-corrected chi connectivity index (χ4v) is 5.09. The van der Waals surface area contributed by atoms with E-state index in [1.807, 2.05) is 30.0 Å². The largest absolute Gasteiger partial charge is 0.493 e. The van der Waals surface area contributed by atoms with E-state index >= 15 is 0 Å². The number of methoxy groups -OCH3 is 3. The zero-order chi connectivity index (χ0) is 23.1. The van der Waals surface area contributed by atoms with Crippen LogP contribution in [0.25, 0.3) is 0 Å². The molecule has 0 unspecified atom stereocenters. The van der Waals surface area contributed by atoms with E-state index in [-0.39, 0.29) is 12.8 Å². The van der Waals surface area contributed by atoms with Gasteiger partial charge in [-0.25, -0.2) is 4.79 Å². The maximum Gasteiger partial charge on any atom is 0.318 e. The van der Waals surface area contributed by atoms with E-state index in [0.29, 0.717) is 54.9 Å². The molecule has 3 aliphatic heterocycles. The second kappa shape index (κ2) is 8.55. The van der Waals surface area contributed by atoms with Crippen molar-refractivity contribution in [3.63, 3.8) is 0 Å². The summed E-state index contributed by atoms with van der Waals surface area (Å²) in [6.45, 7) is 3.46. The van der Waals surface area contributed by atoms with Crippen LogP contribution in [0.15, 0.2) is 18.2 Å². The van der Waals surface area contributed by atoms with E-state index in [1.165, 1.54) is 0 Å². The number of amides is 2. The third-order valence-electron chi connectivity index (χ3n) is 6.48. The highest BCUT2D eigenvalue weighted by Crippen LogP contribution is 2.55. The maximum absolute atomic E-state index is 13.2. The summed E-state index contributed by atoms with van der Waals surface area (Å²) in [5, 5.41) is 2.94. The number of carbonyl (C=O) groups is 1. The third kappa shape index (κ3) is 3.30. The number of nitrogens with one attached hydrogen (secondary N) is 1. The van der Waals surface area contributed by atoms with Crippen molar-refractivity contribution in [3.05, 3.63) is 40.5 Å². The van der Waals surface area contributed by atoms with Gasteiger partial charge >= 0.3 is 6.03 Å². The molecule has 176 valence electrons. The highest BCUT2D eigenvalue weighted by molar-refractivity contribution is 5.76. The standard InChI is InChI=1S/C24H28N2O7/c1-5-25-24(27)26-9-8-13-10-17-22(33-12-32-17)23(30-4)18(13)19(26)21-14-6-7-16(28-2)20(29-3)15(14)11-31-21/h6-7,10,19,21H,5,8-9,11-12H2,1-4H3,(H,25,27)/t19-,21+/m1/s1. The molecule has 0 bridgehead atoms. The molecule has 2 aromatic rings. The number of benzene rings is 2. The van der Waals surface area contributed by atoms with Gasteiger partial charge in [0.2, 0.25) is 12.5 Å². The predicted octanol–water partition coefficient (Wildman–Crippen LogP) is 3.34. The van der Waals surface area contributed by atoms with Crippen LogP contribution in [0.5, 0.6) is 28.7 Å². The second-order valence-corrected chi connectivity index (χ2v) is 8.04. The first kappa shape index (κ1) is 21.5. The number of carbonyl (C=O) groups excluding carboxylic acids is 1. The normalized spacial score (nSPS) is 20.2. The zero-order valence-electron chi connectivity index (χ0n) is 19.2. The van der Waals surface area contributed by atoms with Gasteiger partial charge in [-0.2, -0.15) is 0 Å². The lowest BCUT2D eigenvalue weighted by Crippen LogP contribution is -2.47. The number of rotatable bonds is 5. The van der Waals surface area contributed by atoms with Crippen LogP contribution in [0.3, 0.4) is 0 Å². The van der Waals surface area contributed by atoms with Gasteiger partial charge in [0.1, 0.15) is 6.10 Å². The minimum Gasteiger partial charge on any atom is -0.493 e. The molecule has 0 fully saturated rings. The minimum atomic E-state index is -0.427. The summed E-state index contributed by atoms with van der Waals surface area (Å²) in [6.07, 6.45) is 0.248. The molecule has 5 rings (SSSR count). The number of fused-ring (bicyclic) bond motifs is 3. The summed E-state index contributed by atoms with van der Waals surface area (Å²) < 4.78 is 34.7. The van der Waals surface area contributed by atoms with Crippen LogP contribution in [-0.4, -0.2) is 52.1 Å². The Bertz CT molecular complexity index is 1090. The Balaban J connectivity index is 1.68. The lowest BCUT2D eigenvalue weighted by Gasteiger charge is -2.41. The van der Waals surface area contributed by atoms with Crippen LogP contribution < -0.4 is 29.0 Å². The first-order valence-corrected chi connectivity index (χ1v) is 11.0. The van der Waals surface area contributed by atoms with E-state index in [4.69, 9.17) is 28.4 Å². The molecule has 0 aromatic heterocycles. The lowest BCUT2D eigenvalue weighted by molar-refractivity contribution is -0.000200. The molecule has 0 saturated heterocycles. The van der Waals surface area contributed by atoms with Crippen LogP contribution in [0.2, 0.25) is 0 Å². The van der Waals surface area contributed by atoms with Gasteiger partial charge in [0.05, 0.1) is 34.0 Å². The van der Waals surface area contributed by atoms with Gasteiger partial charge in [0.25, 0.3) is 0 Å². The van der Waals surface area contributed by atoms with Gasteiger partial charge in [-0.05, 0) is 36.6 Å². The number of urea groups is 1. The summed E-state index contributed by atoms with van der Waals surface area (Å²) in [6, 6.07) is 5.27. The van der Waals surface area contributed by atoms with Gasteiger partial charge in [-0.15, -0.1) is 0 Å². The fraction of sp³-hybridized carbons (Fsp3) is 0.458. The molecular weight excluding hydrogens is 428 g/mol. The SMILES string of the molecule is CCNC(=O)N1CCc2cc3c(c(OC)c2[C@@H]1[C@H]1OCc2c1ccc(OC)c2OC)OCO3.